The first-order valence-electron chi connectivity index (χ1n) is 11.2. The van der Waals surface area contributed by atoms with E-state index in [9.17, 15) is 9.59 Å². The van der Waals surface area contributed by atoms with Crippen molar-refractivity contribution in [1.82, 2.24) is 16.2 Å². The van der Waals surface area contributed by atoms with Gasteiger partial charge in [0.1, 0.15) is 0 Å². The number of hydrogen-bond acceptors (Lipinski definition) is 4. The molecule has 0 aromatic heterocycles. The molecule has 6 nitrogen and oxygen atoms in total. The van der Waals surface area contributed by atoms with Gasteiger partial charge in [-0.25, -0.2) is 5.43 Å². The highest BCUT2D eigenvalue weighted by Gasteiger charge is 2.06. The molecule has 0 spiro atoms. The van der Waals surface area contributed by atoms with Crippen LogP contribution >= 0.6 is 0 Å². The van der Waals surface area contributed by atoms with Crippen LogP contribution < -0.4 is 16.2 Å². The third kappa shape index (κ3) is 10.2. The van der Waals surface area contributed by atoms with Crippen LogP contribution in [0.3, 0.4) is 0 Å². The molecular weight excluding hydrogens is 390 g/mol. The maximum atomic E-state index is 12.2. The average molecular weight is 426 g/mol. The van der Waals surface area contributed by atoms with Crippen LogP contribution in [0.5, 0.6) is 0 Å². The van der Waals surface area contributed by atoms with E-state index in [4.69, 9.17) is 4.74 Å². The van der Waals surface area contributed by atoms with E-state index in [0.717, 1.165) is 44.6 Å². The van der Waals surface area contributed by atoms with Gasteiger partial charge in [0.25, 0.3) is 11.8 Å². The van der Waals surface area contributed by atoms with E-state index < -0.39 is 0 Å². The van der Waals surface area contributed by atoms with E-state index >= 15 is 0 Å². The molecule has 6 heteroatoms. The molecule has 3 N–H and O–H groups in total. The minimum absolute atomic E-state index is 0.114. The van der Waals surface area contributed by atoms with Crippen molar-refractivity contribution in [2.75, 3.05) is 19.8 Å². The van der Waals surface area contributed by atoms with Crippen molar-refractivity contribution in [2.24, 2.45) is 0 Å². The van der Waals surface area contributed by atoms with Crippen LogP contribution in [0.25, 0.3) is 0 Å². The number of unbranched alkanes of at least 4 members (excludes halogenated alkanes) is 5. The fourth-order valence-electron chi connectivity index (χ4n) is 3.13. The van der Waals surface area contributed by atoms with Crippen LogP contribution in [-0.2, 0) is 11.3 Å². The first-order valence-corrected chi connectivity index (χ1v) is 11.2. The summed E-state index contributed by atoms with van der Waals surface area (Å²) in [6.07, 6.45) is 6.99. The van der Waals surface area contributed by atoms with E-state index in [1.54, 1.807) is 24.3 Å². The summed E-state index contributed by atoms with van der Waals surface area (Å²) >= 11 is 0. The number of benzene rings is 2. The normalized spacial score (nSPS) is 10.6. The number of amides is 2. The first-order chi connectivity index (χ1) is 15.2. The number of carbonyl (C=O) groups is 2. The largest absolute Gasteiger partial charge is 0.382 e. The standard InChI is InChI=1S/C25H35N3O3/c1-2-31-19-11-6-4-3-5-10-18-27-28-25(30)23-16-14-21(15-17-23)20-26-24(29)22-12-8-7-9-13-22/h7-9,12-17,27H,2-6,10-11,18-20H2,1H3,(H,26,29)(H,28,30). The average Bonchev–Trinajstić information content (AvgIpc) is 2.81. The molecule has 2 aromatic carbocycles. The molecule has 2 amide bonds. The highest BCUT2D eigenvalue weighted by Crippen LogP contribution is 2.06. The summed E-state index contributed by atoms with van der Waals surface area (Å²) in [5.41, 5.74) is 7.89. The lowest BCUT2D eigenvalue weighted by atomic mass is 10.1. The van der Waals surface area contributed by atoms with Gasteiger partial charge in [0.15, 0.2) is 0 Å². The van der Waals surface area contributed by atoms with Gasteiger partial charge in [-0.1, -0.05) is 56.0 Å². The van der Waals surface area contributed by atoms with Gasteiger partial charge < -0.3 is 10.1 Å². The summed E-state index contributed by atoms with van der Waals surface area (Å²) in [5, 5.41) is 2.88. The van der Waals surface area contributed by atoms with Crippen molar-refractivity contribution in [1.29, 1.82) is 0 Å². The summed E-state index contributed by atoms with van der Waals surface area (Å²) in [6.45, 7) is 4.87. The molecule has 0 fully saturated rings. The molecule has 0 saturated carbocycles. The second kappa shape index (κ2) is 15.2. The summed E-state index contributed by atoms with van der Waals surface area (Å²) in [7, 11) is 0. The number of hydrogen-bond donors (Lipinski definition) is 3. The van der Waals surface area contributed by atoms with Crippen molar-refractivity contribution < 1.29 is 14.3 Å². The molecule has 0 unspecified atom stereocenters. The molecule has 168 valence electrons. The van der Waals surface area contributed by atoms with Crippen LogP contribution in [-0.4, -0.2) is 31.6 Å². The molecule has 0 aliphatic heterocycles. The highest BCUT2D eigenvalue weighted by molar-refractivity contribution is 5.94. The zero-order valence-corrected chi connectivity index (χ0v) is 18.5. The lowest BCUT2D eigenvalue weighted by Gasteiger charge is -2.09. The third-order valence-electron chi connectivity index (χ3n) is 4.95. The van der Waals surface area contributed by atoms with Gasteiger partial charge >= 0.3 is 0 Å². The molecule has 0 radical (unpaired) electrons. The highest BCUT2D eigenvalue weighted by atomic mass is 16.5. The zero-order chi connectivity index (χ0) is 22.2. The Hall–Kier alpha value is -2.70. The zero-order valence-electron chi connectivity index (χ0n) is 18.5. The van der Waals surface area contributed by atoms with E-state index in [-0.39, 0.29) is 11.8 Å². The maximum absolute atomic E-state index is 12.2. The fourth-order valence-corrected chi connectivity index (χ4v) is 3.13. The van der Waals surface area contributed by atoms with E-state index in [2.05, 4.69) is 16.2 Å². The summed E-state index contributed by atoms with van der Waals surface area (Å²) in [4.78, 5) is 24.3. The monoisotopic (exact) mass is 425 g/mol. The summed E-state index contributed by atoms with van der Waals surface area (Å²) < 4.78 is 5.33. The predicted octanol–water partition coefficient (Wildman–Crippen LogP) is 4.23. The van der Waals surface area contributed by atoms with Gasteiger partial charge in [-0.05, 0) is 49.6 Å². The predicted molar refractivity (Wildman–Crippen MR) is 124 cm³/mol. The summed E-state index contributed by atoms with van der Waals surface area (Å²) in [5.74, 6) is -0.270. The van der Waals surface area contributed by atoms with Crippen molar-refractivity contribution in [3.05, 3.63) is 71.3 Å². The number of nitrogens with one attached hydrogen (secondary N) is 3. The van der Waals surface area contributed by atoms with Crippen LogP contribution in [0.4, 0.5) is 0 Å². The van der Waals surface area contributed by atoms with Crippen LogP contribution in [0.1, 0.15) is 71.7 Å². The van der Waals surface area contributed by atoms with Crippen molar-refractivity contribution >= 4 is 11.8 Å². The number of hydrazine groups is 1. The molecule has 0 aliphatic carbocycles. The van der Waals surface area contributed by atoms with Gasteiger partial charge in [-0.2, -0.15) is 0 Å². The van der Waals surface area contributed by atoms with Crippen LogP contribution in [0.2, 0.25) is 0 Å². The number of ether oxygens (including phenoxy) is 1. The quantitative estimate of drug-likeness (QED) is 0.295. The molecule has 2 rings (SSSR count). The molecule has 0 aliphatic rings. The molecule has 0 atom stereocenters. The van der Waals surface area contributed by atoms with Gasteiger partial charge in [0, 0.05) is 37.4 Å². The molecule has 0 heterocycles. The van der Waals surface area contributed by atoms with Crippen molar-refractivity contribution in [3.8, 4) is 0 Å². The van der Waals surface area contributed by atoms with Crippen LogP contribution in [0.15, 0.2) is 54.6 Å². The Morgan fingerprint density at radius 3 is 2.13 bits per heavy atom. The molecule has 2 aromatic rings. The third-order valence-corrected chi connectivity index (χ3v) is 4.95. The van der Waals surface area contributed by atoms with E-state index in [1.165, 1.54) is 19.3 Å². The SMILES string of the molecule is CCOCCCCCCCCNNC(=O)c1ccc(CNC(=O)c2ccccc2)cc1. The molecule has 0 bridgehead atoms. The van der Waals surface area contributed by atoms with Crippen molar-refractivity contribution in [2.45, 2.75) is 52.0 Å². The van der Waals surface area contributed by atoms with Gasteiger partial charge in [-0.3, -0.25) is 15.0 Å². The second-order valence-electron chi connectivity index (χ2n) is 7.44. The minimum Gasteiger partial charge on any atom is -0.382 e. The van der Waals surface area contributed by atoms with E-state index in [1.807, 2.05) is 37.3 Å². The van der Waals surface area contributed by atoms with Crippen molar-refractivity contribution in [3.63, 3.8) is 0 Å². The Morgan fingerprint density at radius 1 is 0.774 bits per heavy atom. The fraction of sp³-hybridized carbons (Fsp3) is 0.440. The molecule has 0 saturated heterocycles. The van der Waals surface area contributed by atoms with Gasteiger partial charge in [0.05, 0.1) is 0 Å². The molecule has 31 heavy (non-hydrogen) atoms. The lowest BCUT2D eigenvalue weighted by Crippen LogP contribution is -2.37. The van der Waals surface area contributed by atoms with Gasteiger partial charge in [0.2, 0.25) is 0 Å². The Bertz CT molecular complexity index is 763. The number of rotatable bonds is 15. The second-order valence-corrected chi connectivity index (χ2v) is 7.44. The minimum atomic E-state index is -0.157. The lowest BCUT2D eigenvalue weighted by molar-refractivity contribution is 0.0929. The number of carbonyl (C=O) groups excluding carboxylic acids is 2. The summed E-state index contributed by atoms with van der Waals surface area (Å²) in [6, 6.07) is 16.3. The van der Waals surface area contributed by atoms with Gasteiger partial charge in [-0.15, -0.1) is 0 Å². The topological polar surface area (TPSA) is 79.5 Å². The van der Waals surface area contributed by atoms with Crippen LogP contribution in [0, 0.1) is 0 Å². The molecular formula is C25H35N3O3. The Kier molecular flexibility index (Phi) is 12.0. The smallest absolute Gasteiger partial charge is 0.265 e. The Morgan fingerprint density at radius 2 is 1.42 bits per heavy atom. The van der Waals surface area contributed by atoms with E-state index in [0.29, 0.717) is 17.7 Å². The maximum Gasteiger partial charge on any atom is 0.265 e. The Labute approximate surface area is 185 Å². The first kappa shape index (κ1) is 24.6. The Balaban J connectivity index is 1.56.